The van der Waals surface area contributed by atoms with E-state index >= 15 is 0 Å². The number of carbonyl (C=O) groups excluding carboxylic acids is 3. The average molecular weight is 364 g/mol. The van der Waals surface area contributed by atoms with Gasteiger partial charge >= 0.3 is 5.97 Å². The molecule has 1 aromatic carbocycles. The standard InChI is InChI=1S/C16H20N4O6/c1-17-14(21)9-18-15(22)10-26-16(23)12-8-11(20(24)25)4-5-13(12)19-6-2-3-7-19/h4-5,8H,2-3,6-7,9-10H2,1H3,(H,17,21)(H,18,22). The fourth-order valence-electron chi connectivity index (χ4n) is 2.56. The number of ether oxygens (including phenoxy) is 1. The molecule has 2 amide bonds. The van der Waals surface area contributed by atoms with Gasteiger partial charge < -0.3 is 20.3 Å². The van der Waals surface area contributed by atoms with Crippen LogP contribution in [0.25, 0.3) is 0 Å². The summed E-state index contributed by atoms with van der Waals surface area (Å²) in [7, 11) is 1.43. The molecule has 0 atom stereocenters. The third kappa shape index (κ3) is 4.91. The van der Waals surface area contributed by atoms with Crippen LogP contribution in [0.5, 0.6) is 0 Å². The van der Waals surface area contributed by atoms with Crippen LogP contribution in [0.3, 0.4) is 0 Å². The molecule has 10 nitrogen and oxygen atoms in total. The molecule has 0 unspecified atom stereocenters. The Morgan fingerprint density at radius 3 is 2.54 bits per heavy atom. The number of nitrogens with zero attached hydrogens (tertiary/aromatic N) is 2. The second kappa shape index (κ2) is 8.79. The lowest BCUT2D eigenvalue weighted by Crippen LogP contribution is -2.37. The van der Waals surface area contributed by atoms with E-state index in [1.165, 1.54) is 19.2 Å². The van der Waals surface area contributed by atoms with Crippen molar-refractivity contribution >= 4 is 29.2 Å². The van der Waals surface area contributed by atoms with Gasteiger partial charge in [-0.25, -0.2) is 4.79 Å². The van der Waals surface area contributed by atoms with Crippen molar-refractivity contribution in [3.8, 4) is 0 Å². The molecule has 26 heavy (non-hydrogen) atoms. The quantitative estimate of drug-likeness (QED) is 0.402. The van der Waals surface area contributed by atoms with Crippen molar-refractivity contribution in [2.75, 3.05) is 38.2 Å². The number of anilines is 1. The molecule has 1 aromatic rings. The Balaban J connectivity index is 2.08. The second-order valence-corrected chi connectivity index (χ2v) is 5.68. The molecule has 2 N–H and O–H groups in total. The van der Waals surface area contributed by atoms with E-state index in [-0.39, 0.29) is 23.7 Å². The van der Waals surface area contributed by atoms with Crippen LogP contribution in [0.15, 0.2) is 18.2 Å². The first-order valence-corrected chi connectivity index (χ1v) is 8.10. The molecule has 140 valence electrons. The molecule has 0 aliphatic carbocycles. The molecule has 0 bridgehead atoms. The van der Waals surface area contributed by atoms with Crippen molar-refractivity contribution in [1.29, 1.82) is 0 Å². The van der Waals surface area contributed by atoms with E-state index in [0.717, 1.165) is 32.0 Å². The zero-order chi connectivity index (χ0) is 19.1. The molecule has 2 rings (SSSR count). The lowest BCUT2D eigenvalue weighted by molar-refractivity contribution is -0.384. The minimum absolute atomic E-state index is 0.0419. The summed E-state index contributed by atoms with van der Waals surface area (Å²) in [5.41, 5.74) is 0.355. The molecule has 0 saturated carbocycles. The Hall–Kier alpha value is -3.17. The highest BCUT2D eigenvalue weighted by molar-refractivity contribution is 5.98. The highest BCUT2D eigenvalue weighted by Gasteiger charge is 2.24. The summed E-state index contributed by atoms with van der Waals surface area (Å²) in [6.07, 6.45) is 1.93. The van der Waals surface area contributed by atoms with Gasteiger partial charge in [0.05, 0.1) is 22.7 Å². The number of benzene rings is 1. The number of carbonyl (C=O) groups is 3. The number of likely N-dealkylation sites (N-methyl/N-ethyl adjacent to an activating group) is 1. The first kappa shape index (κ1) is 19.2. The second-order valence-electron chi connectivity index (χ2n) is 5.68. The molecule has 0 spiro atoms. The van der Waals surface area contributed by atoms with Gasteiger partial charge in [-0.3, -0.25) is 19.7 Å². The number of rotatable bonds is 7. The van der Waals surface area contributed by atoms with Crippen molar-refractivity contribution in [2.45, 2.75) is 12.8 Å². The highest BCUT2D eigenvalue weighted by atomic mass is 16.6. The number of nitro benzene ring substituents is 1. The number of nitrogens with one attached hydrogen (secondary N) is 2. The monoisotopic (exact) mass is 364 g/mol. The van der Waals surface area contributed by atoms with Crippen molar-refractivity contribution in [1.82, 2.24) is 10.6 Å². The molecule has 0 radical (unpaired) electrons. The third-order valence-electron chi connectivity index (χ3n) is 3.92. The van der Waals surface area contributed by atoms with Crippen LogP contribution in [-0.4, -0.2) is 56.0 Å². The van der Waals surface area contributed by atoms with Gasteiger partial charge in [-0.1, -0.05) is 0 Å². The van der Waals surface area contributed by atoms with E-state index < -0.39 is 23.4 Å². The van der Waals surface area contributed by atoms with E-state index in [0.29, 0.717) is 5.69 Å². The van der Waals surface area contributed by atoms with Gasteiger partial charge in [-0.2, -0.15) is 0 Å². The molecule has 1 aliphatic rings. The van der Waals surface area contributed by atoms with E-state index in [1.807, 2.05) is 4.90 Å². The summed E-state index contributed by atoms with van der Waals surface area (Å²) in [4.78, 5) is 47.4. The summed E-state index contributed by atoms with van der Waals surface area (Å²) in [6.45, 7) is 0.663. The summed E-state index contributed by atoms with van der Waals surface area (Å²) >= 11 is 0. The van der Waals surface area contributed by atoms with E-state index in [1.54, 1.807) is 0 Å². The SMILES string of the molecule is CNC(=O)CNC(=O)COC(=O)c1cc([N+](=O)[O-])ccc1N1CCCC1. The number of esters is 1. The average Bonchev–Trinajstić information content (AvgIpc) is 3.17. The molecule has 10 heteroatoms. The maximum Gasteiger partial charge on any atom is 0.341 e. The Bertz CT molecular complexity index is 715. The van der Waals surface area contributed by atoms with Gasteiger partial charge in [0, 0.05) is 32.3 Å². The van der Waals surface area contributed by atoms with Gasteiger partial charge in [-0.05, 0) is 18.9 Å². The summed E-state index contributed by atoms with van der Waals surface area (Å²) < 4.78 is 4.96. The van der Waals surface area contributed by atoms with Crippen molar-refractivity contribution in [3.63, 3.8) is 0 Å². The molecule has 0 aromatic heterocycles. The molecule has 1 heterocycles. The third-order valence-corrected chi connectivity index (χ3v) is 3.92. The van der Waals surface area contributed by atoms with Gasteiger partial charge in [0.15, 0.2) is 6.61 Å². The van der Waals surface area contributed by atoms with Crippen LogP contribution < -0.4 is 15.5 Å². The van der Waals surface area contributed by atoms with Crippen LogP contribution in [0, 0.1) is 10.1 Å². The number of hydrogen-bond donors (Lipinski definition) is 2. The fourth-order valence-corrected chi connectivity index (χ4v) is 2.56. The zero-order valence-electron chi connectivity index (χ0n) is 14.3. The number of amides is 2. The van der Waals surface area contributed by atoms with Gasteiger partial charge in [0.1, 0.15) is 0 Å². The summed E-state index contributed by atoms with van der Waals surface area (Å²) in [6, 6.07) is 4.00. The molecule has 1 aliphatic heterocycles. The fraction of sp³-hybridized carbons (Fsp3) is 0.438. The first-order valence-electron chi connectivity index (χ1n) is 8.10. The number of non-ortho nitro benzene ring substituents is 1. The maximum absolute atomic E-state index is 12.4. The van der Waals surface area contributed by atoms with Gasteiger partial charge in [0.2, 0.25) is 5.91 Å². The lowest BCUT2D eigenvalue weighted by atomic mass is 10.1. The van der Waals surface area contributed by atoms with Crippen LogP contribution in [-0.2, 0) is 14.3 Å². The predicted molar refractivity (Wildman–Crippen MR) is 91.9 cm³/mol. The van der Waals surface area contributed by atoms with E-state index in [2.05, 4.69) is 10.6 Å². The first-order chi connectivity index (χ1) is 12.4. The van der Waals surface area contributed by atoms with Crippen molar-refractivity contribution < 1.29 is 24.0 Å². The Kier molecular flexibility index (Phi) is 6.48. The topological polar surface area (TPSA) is 131 Å². The zero-order valence-corrected chi connectivity index (χ0v) is 14.3. The highest BCUT2D eigenvalue weighted by Crippen LogP contribution is 2.28. The Morgan fingerprint density at radius 2 is 1.92 bits per heavy atom. The molecular weight excluding hydrogens is 344 g/mol. The smallest absolute Gasteiger partial charge is 0.341 e. The number of hydrogen-bond acceptors (Lipinski definition) is 7. The van der Waals surface area contributed by atoms with Crippen molar-refractivity contribution in [2.24, 2.45) is 0 Å². The van der Waals surface area contributed by atoms with Crippen LogP contribution >= 0.6 is 0 Å². The summed E-state index contributed by atoms with van der Waals surface area (Å²) in [5.74, 6) is -1.86. The van der Waals surface area contributed by atoms with Gasteiger partial charge in [-0.15, -0.1) is 0 Å². The van der Waals surface area contributed by atoms with Gasteiger partial charge in [0.25, 0.3) is 11.6 Å². The molecule has 1 saturated heterocycles. The molecule has 1 fully saturated rings. The Morgan fingerprint density at radius 1 is 1.23 bits per heavy atom. The van der Waals surface area contributed by atoms with E-state index in [9.17, 15) is 24.5 Å². The van der Waals surface area contributed by atoms with Crippen LogP contribution in [0.2, 0.25) is 0 Å². The van der Waals surface area contributed by atoms with Crippen molar-refractivity contribution in [3.05, 3.63) is 33.9 Å². The Labute approximate surface area is 149 Å². The lowest BCUT2D eigenvalue weighted by Gasteiger charge is -2.20. The van der Waals surface area contributed by atoms with Crippen LogP contribution in [0.4, 0.5) is 11.4 Å². The molecular formula is C16H20N4O6. The largest absolute Gasteiger partial charge is 0.452 e. The normalized spacial score (nSPS) is 13.2. The van der Waals surface area contributed by atoms with E-state index in [4.69, 9.17) is 4.74 Å². The maximum atomic E-state index is 12.4. The predicted octanol–water partition coefficient (Wildman–Crippen LogP) is 0.214. The summed E-state index contributed by atoms with van der Waals surface area (Å²) in [5, 5.41) is 15.6. The number of nitro groups is 1. The minimum Gasteiger partial charge on any atom is -0.452 e. The minimum atomic E-state index is -0.828. The van der Waals surface area contributed by atoms with Crippen LogP contribution in [0.1, 0.15) is 23.2 Å².